The number of ether oxygens (including phenoxy) is 1. The van der Waals surface area contributed by atoms with Crippen molar-refractivity contribution in [3.63, 3.8) is 0 Å². The summed E-state index contributed by atoms with van der Waals surface area (Å²) in [6.45, 7) is 2.38. The number of carbonyl (C=O) groups is 1. The van der Waals surface area contributed by atoms with E-state index >= 15 is 0 Å². The van der Waals surface area contributed by atoms with Crippen LogP contribution in [-0.4, -0.2) is 32.7 Å². The van der Waals surface area contributed by atoms with Crippen molar-refractivity contribution in [2.24, 2.45) is 5.92 Å². The Morgan fingerprint density at radius 2 is 2.33 bits per heavy atom. The maximum atomic E-state index is 12.1. The molecule has 4 nitrogen and oxygen atoms in total. The molecule has 1 unspecified atom stereocenters. The van der Waals surface area contributed by atoms with Gasteiger partial charge < -0.3 is 15.4 Å². The summed E-state index contributed by atoms with van der Waals surface area (Å²) in [6.07, 6.45) is 1.74. The van der Waals surface area contributed by atoms with Crippen LogP contribution in [-0.2, 0) is 16.0 Å². The van der Waals surface area contributed by atoms with E-state index in [0.29, 0.717) is 6.61 Å². The first kappa shape index (κ1) is 13.1. The first-order valence-corrected chi connectivity index (χ1v) is 6.39. The molecule has 1 aliphatic rings. The molecule has 1 heterocycles. The summed E-state index contributed by atoms with van der Waals surface area (Å²) in [5, 5.41) is 6.23. The third kappa shape index (κ3) is 3.31. The number of hydrogen-bond acceptors (Lipinski definition) is 3. The Kier molecular flexibility index (Phi) is 4.73. The molecule has 1 saturated heterocycles. The van der Waals surface area contributed by atoms with Crippen LogP contribution in [0.1, 0.15) is 12.0 Å². The van der Waals surface area contributed by atoms with Crippen LogP contribution < -0.4 is 10.6 Å². The van der Waals surface area contributed by atoms with Crippen molar-refractivity contribution >= 4 is 11.6 Å². The second-order valence-electron chi connectivity index (χ2n) is 4.58. The van der Waals surface area contributed by atoms with E-state index < -0.39 is 0 Å². The molecule has 0 saturated carbocycles. The average Bonchev–Trinajstić information content (AvgIpc) is 2.91. The normalized spacial score (nSPS) is 18.8. The van der Waals surface area contributed by atoms with Gasteiger partial charge in [-0.25, -0.2) is 0 Å². The fourth-order valence-corrected chi connectivity index (χ4v) is 2.19. The molecular formula is C14H20N2O2. The minimum Gasteiger partial charge on any atom is -0.384 e. The average molecular weight is 248 g/mol. The number of rotatable bonds is 5. The maximum Gasteiger partial charge on any atom is 0.228 e. The summed E-state index contributed by atoms with van der Waals surface area (Å²) >= 11 is 0. The Bertz CT molecular complexity index is 401. The smallest absolute Gasteiger partial charge is 0.228 e. The number of anilines is 1. The molecule has 1 aromatic rings. The number of nitrogens with one attached hydrogen (secondary N) is 2. The molecule has 98 valence electrons. The van der Waals surface area contributed by atoms with Crippen molar-refractivity contribution in [3.05, 3.63) is 29.8 Å². The molecule has 18 heavy (non-hydrogen) atoms. The second kappa shape index (κ2) is 6.52. The molecule has 2 N–H and O–H groups in total. The number of carbonyl (C=O) groups excluding carboxylic acids is 1. The summed E-state index contributed by atoms with van der Waals surface area (Å²) in [6, 6.07) is 7.91. The van der Waals surface area contributed by atoms with Gasteiger partial charge in [-0.2, -0.15) is 0 Å². The van der Waals surface area contributed by atoms with Gasteiger partial charge in [0, 0.05) is 19.3 Å². The van der Waals surface area contributed by atoms with Gasteiger partial charge in [-0.3, -0.25) is 4.79 Å². The van der Waals surface area contributed by atoms with Crippen LogP contribution in [0.2, 0.25) is 0 Å². The Labute approximate surface area is 108 Å². The zero-order chi connectivity index (χ0) is 12.8. The lowest BCUT2D eigenvalue weighted by Crippen LogP contribution is -2.25. The maximum absolute atomic E-state index is 12.1. The summed E-state index contributed by atoms with van der Waals surface area (Å²) in [5.41, 5.74) is 2.03. The van der Waals surface area contributed by atoms with Crippen LogP contribution in [0, 0.1) is 5.92 Å². The largest absolute Gasteiger partial charge is 0.384 e. The van der Waals surface area contributed by atoms with E-state index in [4.69, 9.17) is 4.74 Å². The predicted molar refractivity (Wildman–Crippen MR) is 71.6 cm³/mol. The summed E-state index contributed by atoms with van der Waals surface area (Å²) < 4.78 is 5.08. The third-order valence-corrected chi connectivity index (χ3v) is 3.28. The standard InChI is InChI=1S/C14H20N2O2/c1-18-9-7-11-4-2-3-5-13(11)16-14(17)12-6-8-15-10-12/h2-5,12,15H,6-10H2,1H3,(H,16,17). The zero-order valence-electron chi connectivity index (χ0n) is 10.7. The highest BCUT2D eigenvalue weighted by Gasteiger charge is 2.22. The fourth-order valence-electron chi connectivity index (χ4n) is 2.19. The van der Waals surface area contributed by atoms with E-state index in [1.165, 1.54) is 0 Å². The molecule has 0 aliphatic carbocycles. The van der Waals surface area contributed by atoms with E-state index in [2.05, 4.69) is 10.6 Å². The van der Waals surface area contributed by atoms with E-state index in [-0.39, 0.29) is 11.8 Å². The monoisotopic (exact) mass is 248 g/mol. The summed E-state index contributed by atoms with van der Waals surface area (Å²) in [7, 11) is 1.69. The highest BCUT2D eigenvalue weighted by molar-refractivity contribution is 5.93. The summed E-state index contributed by atoms with van der Waals surface area (Å²) in [5.74, 6) is 0.213. The second-order valence-corrected chi connectivity index (χ2v) is 4.58. The number of methoxy groups -OCH3 is 1. The first-order valence-electron chi connectivity index (χ1n) is 6.39. The molecule has 1 aliphatic heterocycles. The van der Waals surface area contributed by atoms with Crippen LogP contribution in [0.4, 0.5) is 5.69 Å². The van der Waals surface area contributed by atoms with E-state index in [1.807, 2.05) is 24.3 Å². The Morgan fingerprint density at radius 3 is 3.06 bits per heavy atom. The van der Waals surface area contributed by atoms with Gasteiger partial charge in [-0.15, -0.1) is 0 Å². The van der Waals surface area contributed by atoms with Crippen LogP contribution >= 0.6 is 0 Å². The lowest BCUT2D eigenvalue weighted by atomic mass is 10.1. The molecular weight excluding hydrogens is 228 g/mol. The lowest BCUT2D eigenvalue weighted by Gasteiger charge is -2.13. The quantitative estimate of drug-likeness (QED) is 0.828. The minimum absolute atomic E-state index is 0.0977. The minimum atomic E-state index is 0.0977. The highest BCUT2D eigenvalue weighted by atomic mass is 16.5. The SMILES string of the molecule is COCCc1ccccc1NC(=O)C1CCNC1. The van der Waals surface area contributed by atoms with Crippen molar-refractivity contribution in [1.82, 2.24) is 5.32 Å². The topological polar surface area (TPSA) is 50.4 Å². The van der Waals surface area contributed by atoms with Crippen LogP contribution in [0.5, 0.6) is 0 Å². The first-order chi connectivity index (χ1) is 8.81. The fraction of sp³-hybridized carbons (Fsp3) is 0.500. The molecule has 1 aromatic carbocycles. The van der Waals surface area contributed by atoms with Crippen molar-refractivity contribution < 1.29 is 9.53 Å². The molecule has 0 bridgehead atoms. The summed E-state index contributed by atoms with van der Waals surface area (Å²) in [4.78, 5) is 12.1. The third-order valence-electron chi connectivity index (χ3n) is 3.28. The van der Waals surface area contributed by atoms with Crippen LogP contribution in [0.15, 0.2) is 24.3 Å². The molecule has 0 aromatic heterocycles. The van der Waals surface area contributed by atoms with Gasteiger partial charge in [0.15, 0.2) is 0 Å². The van der Waals surface area contributed by atoms with Gasteiger partial charge >= 0.3 is 0 Å². The van der Waals surface area contributed by atoms with E-state index in [1.54, 1.807) is 7.11 Å². The molecule has 2 rings (SSSR count). The Hall–Kier alpha value is -1.39. The van der Waals surface area contributed by atoms with Crippen molar-refractivity contribution in [1.29, 1.82) is 0 Å². The number of para-hydroxylation sites is 1. The van der Waals surface area contributed by atoms with E-state index in [9.17, 15) is 4.79 Å². The van der Waals surface area contributed by atoms with Crippen molar-refractivity contribution in [3.8, 4) is 0 Å². The zero-order valence-corrected chi connectivity index (χ0v) is 10.7. The molecule has 1 amide bonds. The molecule has 1 fully saturated rings. The van der Waals surface area contributed by atoms with Crippen LogP contribution in [0.3, 0.4) is 0 Å². The van der Waals surface area contributed by atoms with Gasteiger partial charge in [0.25, 0.3) is 0 Å². The predicted octanol–water partition coefficient (Wildman–Crippen LogP) is 1.42. The van der Waals surface area contributed by atoms with Gasteiger partial charge in [0.05, 0.1) is 12.5 Å². The van der Waals surface area contributed by atoms with Crippen LogP contribution in [0.25, 0.3) is 0 Å². The number of amides is 1. The number of hydrogen-bond donors (Lipinski definition) is 2. The van der Waals surface area contributed by atoms with Gasteiger partial charge in [-0.05, 0) is 31.0 Å². The molecule has 0 radical (unpaired) electrons. The van der Waals surface area contributed by atoms with E-state index in [0.717, 1.165) is 37.2 Å². The molecule has 4 heteroatoms. The Morgan fingerprint density at radius 1 is 1.50 bits per heavy atom. The Balaban J connectivity index is 2.00. The van der Waals surface area contributed by atoms with Gasteiger partial charge in [0.1, 0.15) is 0 Å². The molecule has 0 spiro atoms. The number of benzene rings is 1. The van der Waals surface area contributed by atoms with Crippen molar-refractivity contribution in [2.45, 2.75) is 12.8 Å². The van der Waals surface area contributed by atoms with Gasteiger partial charge in [0.2, 0.25) is 5.91 Å². The van der Waals surface area contributed by atoms with Gasteiger partial charge in [-0.1, -0.05) is 18.2 Å². The van der Waals surface area contributed by atoms with Crippen molar-refractivity contribution in [2.75, 3.05) is 32.1 Å². The lowest BCUT2D eigenvalue weighted by molar-refractivity contribution is -0.119. The molecule has 1 atom stereocenters. The highest BCUT2D eigenvalue weighted by Crippen LogP contribution is 2.18.